The van der Waals surface area contributed by atoms with E-state index in [1.54, 1.807) is 0 Å². The molecule has 1 aliphatic heterocycles. The number of aryl methyl sites for hydroxylation is 1. The smallest absolute Gasteiger partial charge is 0.0438 e. The van der Waals surface area contributed by atoms with Crippen LogP contribution in [0.2, 0.25) is 0 Å². The van der Waals surface area contributed by atoms with Crippen LogP contribution >= 0.6 is 15.9 Å². The van der Waals surface area contributed by atoms with Crippen LogP contribution in [0.5, 0.6) is 0 Å². The average Bonchev–Trinajstić information content (AvgIpc) is 2.36. The summed E-state index contributed by atoms with van der Waals surface area (Å²) in [5, 5.41) is 3.73. The number of halogens is 1. The van der Waals surface area contributed by atoms with E-state index in [1.165, 1.54) is 15.7 Å². The summed E-state index contributed by atoms with van der Waals surface area (Å²) in [7, 11) is 0. The van der Waals surface area contributed by atoms with E-state index >= 15 is 0 Å². The molecule has 20 heavy (non-hydrogen) atoms. The highest BCUT2D eigenvalue weighted by molar-refractivity contribution is 9.10. The maximum atomic E-state index is 3.73. The molecule has 112 valence electrons. The highest BCUT2D eigenvalue weighted by Crippen LogP contribution is 2.29. The summed E-state index contributed by atoms with van der Waals surface area (Å²) in [5.74, 6) is 1.31. The van der Waals surface area contributed by atoms with Crippen molar-refractivity contribution in [3.8, 4) is 0 Å². The van der Waals surface area contributed by atoms with Crippen LogP contribution in [0, 0.1) is 18.8 Å². The van der Waals surface area contributed by atoms with E-state index in [-0.39, 0.29) is 0 Å². The lowest BCUT2D eigenvalue weighted by Crippen LogP contribution is -2.60. The highest BCUT2D eigenvalue weighted by Gasteiger charge is 2.31. The van der Waals surface area contributed by atoms with Gasteiger partial charge in [-0.25, -0.2) is 0 Å². The van der Waals surface area contributed by atoms with Crippen molar-refractivity contribution < 1.29 is 0 Å². The van der Waals surface area contributed by atoms with Crippen LogP contribution in [0.3, 0.4) is 0 Å². The van der Waals surface area contributed by atoms with Gasteiger partial charge in [0.05, 0.1) is 0 Å². The zero-order valence-electron chi connectivity index (χ0n) is 13.3. The fraction of sp³-hybridized carbons (Fsp3) is 0.647. The van der Waals surface area contributed by atoms with Crippen molar-refractivity contribution >= 4 is 21.6 Å². The molecule has 1 saturated heterocycles. The summed E-state index contributed by atoms with van der Waals surface area (Å²) in [6, 6.07) is 7.88. The molecule has 1 aromatic carbocycles. The predicted molar refractivity (Wildman–Crippen MR) is 91.5 cm³/mol. The van der Waals surface area contributed by atoms with Crippen molar-refractivity contribution in [2.24, 2.45) is 11.8 Å². The zero-order valence-corrected chi connectivity index (χ0v) is 14.9. The molecular formula is C17H27BrN2. The number of rotatable bonds is 3. The Balaban J connectivity index is 2.31. The second-order valence-electron chi connectivity index (χ2n) is 6.71. The minimum Gasteiger partial charge on any atom is -0.365 e. The Morgan fingerprint density at radius 2 is 1.85 bits per heavy atom. The SMILES string of the molecule is Cc1cc(Br)cc(N2CC(C(C)C)NCC2C(C)C)c1. The highest BCUT2D eigenvalue weighted by atomic mass is 79.9. The Labute approximate surface area is 132 Å². The number of piperazine rings is 1. The quantitative estimate of drug-likeness (QED) is 0.887. The van der Waals surface area contributed by atoms with Gasteiger partial charge in [-0.1, -0.05) is 43.6 Å². The Bertz CT molecular complexity index is 436. The summed E-state index contributed by atoms with van der Waals surface area (Å²) in [6.07, 6.45) is 0. The Kier molecular flexibility index (Phi) is 5.14. The van der Waals surface area contributed by atoms with Crippen molar-refractivity contribution in [3.63, 3.8) is 0 Å². The molecule has 1 fully saturated rings. The first kappa shape index (κ1) is 15.8. The maximum Gasteiger partial charge on any atom is 0.0438 e. The van der Waals surface area contributed by atoms with Crippen LogP contribution in [-0.4, -0.2) is 25.2 Å². The molecule has 0 bridgehead atoms. The second-order valence-corrected chi connectivity index (χ2v) is 7.62. The second kappa shape index (κ2) is 6.48. The summed E-state index contributed by atoms with van der Waals surface area (Å²) < 4.78 is 1.18. The molecule has 0 amide bonds. The van der Waals surface area contributed by atoms with Crippen LogP contribution in [0.25, 0.3) is 0 Å². The van der Waals surface area contributed by atoms with Crippen molar-refractivity contribution in [1.29, 1.82) is 0 Å². The average molecular weight is 339 g/mol. The van der Waals surface area contributed by atoms with Gasteiger partial charge in [-0.3, -0.25) is 0 Å². The number of benzene rings is 1. The van der Waals surface area contributed by atoms with Gasteiger partial charge in [0, 0.05) is 35.3 Å². The lowest BCUT2D eigenvalue weighted by Gasteiger charge is -2.45. The van der Waals surface area contributed by atoms with Gasteiger partial charge in [0.2, 0.25) is 0 Å². The molecule has 0 aromatic heterocycles. The standard InChI is InChI=1S/C17H27BrN2/c1-11(2)16-10-20(17(9-19-16)12(3)4)15-7-13(5)6-14(18)8-15/h6-8,11-12,16-17,19H,9-10H2,1-5H3. The minimum absolute atomic E-state index is 0.568. The first-order valence-corrected chi connectivity index (χ1v) is 8.45. The first-order valence-electron chi connectivity index (χ1n) is 7.65. The van der Waals surface area contributed by atoms with E-state index in [1.807, 2.05) is 0 Å². The molecule has 0 radical (unpaired) electrons. The van der Waals surface area contributed by atoms with Crippen LogP contribution in [0.15, 0.2) is 22.7 Å². The molecule has 1 heterocycles. The number of hydrogen-bond donors (Lipinski definition) is 1. The van der Waals surface area contributed by atoms with Crippen molar-refractivity contribution in [3.05, 3.63) is 28.2 Å². The maximum absolute atomic E-state index is 3.73. The van der Waals surface area contributed by atoms with Crippen molar-refractivity contribution in [2.45, 2.75) is 46.7 Å². The van der Waals surface area contributed by atoms with Crippen LogP contribution in [0.1, 0.15) is 33.3 Å². The van der Waals surface area contributed by atoms with Crippen LogP contribution in [0.4, 0.5) is 5.69 Å². The zero-order chi connectivity index (χ0) is 14.9. The fourth-order valence-corrected chi connectivity index (χ4v) is 3.61. The number of nitrogens with one attached hydrogen (secondary N) is 1. The Morgan fingerprint density at radius 3 is 2.40 bits per heavy atom. The van der Waals surface area contributed by atoms with Gasteiger partial charge in [-0.15, -0.1) is 0 Å². The number of hydrogen-bond acceptors (Lipinski definition) is 2. The molecule has 0 saturated carbocycles. The number of nitrogens with zero attached hydrogens (tertiary/aromatic N) is 1. The molecule has 0 spiro atoms. The molecule has 1 aliphatic rings. The van der Waals surface area contributed by atoms with Crippen LogP contribution in [-0.2, 0) is 0 Å². The van der Waals surface area contributed by atoms with Crippen molar-refractivity contribution in [1.82, 2.24) is 5.32 Å². The van der Waals surface area contributed by atoms with Gasteiger partial charge in [0.25, 0.3) is 0 Å². The summed E-state index contributed by atoms with van der Waals surface area (Å²) in [4.78, 5) is 2.60. The van der Waals surface area contributed by atoms with E-state index in [0.29, 0.717) is 23.9 Å². The van der Waals surface area contributed by atoms with Crippen molar-refractivity contribution in [2.75, 3.05) is 18.0 Å². The van der Waals surface area contributed by atoms with Gasteiger partial charge in [-0.05, 0) is 42.5 Å². The van der Waals surface area contributed by atoms with E-state index in [0.717, 1.165) is 13.1 Å². The van der Waals surface area contributed by atoms with Crippen LogP contribution < -0.4 is 10.2 Å². The van der Waals surface area contributed by atoms with Gasteiger partial charge < -0.3 is 10.2 Å². The monoisotopic (exact) mass is 338 g/mol. The lowest BCUT2D eigenvalue weighted by atomic mass is 9.93. The van der Waals surface area contributed by atoms with Gasteiger partial charge >= 0.3 is 0 Å². The summed E-state index contributed by atoms with van der Waals surface area (Å²) in [6.45, 7) is 13.6. The summed E-state index contributed by atoms with van der Waals surface area (Å²) >= 11 is 3.64. The summed E-state index contributed by atoms with van der Waals surface area (Å²) in [5.41, 5.74) is 2.67. The van der Waals surface area contributed by atoms with Gasteiger partial charge in [0.15, 0.2) is 0 Å². The third-order valence-corrected chi connectivity index (χ3v) is 4.77. The molecule has 1 N–H and O–H groups in total. The molecule has 0 aliphatic carbocycles. The molecular weight excluding hydrogens is 312 g/mol. The molecule has 1 aromatic rings. The third kappa shape index (κ3) is 3.56. The molecule has 2 atom stereocenters. The fourth-order valence-electron chi connectivity index (χ4n) is 3.02. The van der Waals surface area contributed by atoms with E-state index < -0.39 is 0 Å². The molecule has 2 unspecified atom stereocenters. The van der Waals surface area contributed by atoms with E-state index in [2.05, 4.69) is 79.0 Å². The lowest BCUT2D eigenvalue weighted by molar-refractivity contribution is 0.295. The first-order chi connectivity index (χ1) is 9.38. The molecule has 3 heteroatoms. The Hall–Kier alpha value is -0.540. The predicted octanol–water partition coefficient (Wildman–Crippen LogP) is 4.22. The largest absolute Gasteiger partial charge is 0.365 e. The molecule has 2 rings (SSSR count). The Morgan fingerprint density at radius 1 is 1.15 bits per heavy atom. The molecule has 2 nitrogen and oxygen atoms in total. The van der Waals surface area contributed by atoms with E-state index in [9.17, 15) is 0 Å². The van der Waals surface area contributed by atoms with Gasteiger partial charge in [-0.2, -0.15) is 0 Å². The topological polar surface area (TPSA) is 15.3 Å². The normalized spacial score (nSPS) is 23.7. The van der Waals surface area contributed by atoms with E-state index in [4.69, 9.17) is 0 Å². The number of anilines is 1. The third-order valence-electron chi connectivity index (χ3n) is 4.32. The van der Waals surface area contributed by atoms with Gasteiger partial charge in [0.1, 0.15) is 0 Å². The minimum atomic E-state index is 0.568.